The molecule has 1 saturated heterocycles. The number of aryl methyl sites for hydroxylation is 3. The van der Waals surface area contributed by atoms with E-state index < -0.39 is 0 Å². The molecule has 2 aromatic rings. The van der Waals surface area contributed by atoms with Crippen LogP contribution in [0, 0.1) is 13.8 Å². The lowest BCUT2D eigenvalue weighted by Crippen LogP contribution is -2.38. The lowest BCUT2D eigenvalue weighted by molar-refractivity contribution is 0.0735. The van der Waals surface area contributed by atoms with Gasteiger partial charge in [-0.05, 0) is 39.5 Å². The van der Waals surface area contributed by atoms with Crippen LogP contribution >= 0.6 is 11.3 Å². The standard InChI is InChI=1S/C19H25N5OS/c1-4-15-17(26-13(3)22-15)19(25)24-10-7-14-16(11-24)20-12(2)21-18(14)23-8-5-6-9-23/h4-11H2,1-3H3. The molecule has 26 heavy (non-hydrogen) atoms. The summed E-state index contributed by atoms with van der Waals surface area (Å²) in [7, 11) is 0. The molecule has 0 atom stereocenters. The zero-order chi connectivity index (χ0) is 18.3. The van der Waals surface area contributed by atoms with E-state index >= 15 is 0 Å². The van der Waals surface area contributed by atoms with Gasteiger partial charge in [-0.15, -0.1) is 11.3 Å². The Bertz CT molecular complexity index is 841. The highest BCUT2D eigenvalue weighted by Gasteiger charge is 2.29. The molecule has 2 aromatic heterocycles. The number of thiazole rings is 1. The van der Waals surface area contributed by atoms with E-state index in [0.29, 0.717) is 6.54 Å². The molecule has 0 saturated carbocycles. The van der Waals surface area contributed by atoms with Gasteiger partial charge in [-0.1, -0.05) is 6.92 Å². The molecule has 1 fully saturated rings. The van der Waals surface area contributed by atoms with Crippen molar-refractivity contribution in [2.45, 2.75) is 53.0 Å². The molecule has 0 aliphatic carbocycles. The summed E-state index contributed by atoms with van der Waals surface area (Å²) < 4.78 is 0. The Hall–Kier alpha value is -2.02. The van der Waals surface area contributed by atoms with Gasteiger partial charge in [-0.3, -0.25) is 4.79 Å². The van der Waals surface area contributed by atoms with Gasteiger partial charge in [0.05, 0.1) is 22.9 Å². The van der Waals surface area contributed by atoms with Gasteiger partial charge in [0.15, 0.2) is 0 Å². The summed E-state index contributed by atoms with van der Waals surface area (Å²) in [6.45, 7) is 9.40. The van der Waals surface area contributed by atoms with Gasteiger partial charge in [0.1, 0.15) is 16.5 Å². The molecule has 2 aliphatic heterocycles. The fourth-order valence-electron chi connectivity index (χ4n) is 3.92. The molecular formula is C19H25N5OS. The summed E-state index contributed by atoms with van der Waals surface area (Å²) in [5.41, 5.74) is 3.16. The summed E-state index contributed by atoms with van der Waals surface area (Å²) in [6, 6.07) is 0. The van der Waals surface area contributed by atoms with Crippen LogP contribution in [0.5, 0.6) is 0 Å². The fourth-order valence-corrected chi connectivity index (χ4v) is 4.89. The van der Waals surface area contributed by atoms with Gasteiger partial charge in [0.2, 0.25) is 0 Å². The van der Waals surface area contributed by atoms with Crippen molar-refractivity contribution in [3.63, 3.8) is 0 Å². The molecule has 0 aromatic carbocycles. The highest BCUT2D eigenvalue weighted by Crippen LogP contribution is 2.30. The highest BCUT2D eigenvalue weighted by atomic mass is 32.1. The van der Waals surface area contributed by atoms with Gasteiger partial charge in [-0.2, -0.15) is 0 Å². The van der Waals surface area contributed by atoms with Crippen LogP contribution in [0.3, 0.4) is 0 Å². The second-order valence-corrected chi connectivity index (χ2v) is 8.26. The fraction of sp³-hybridized carbons (Fsp3) is 0.579. The highest BCUT2D eigenvalue weighted by molar-refractivity contribution is 7.13. The Labute approximate surface area is 158 Å². The SMILES string of the molecule is CCc1nc(C)sc1C(=O)N1CCc2c(nc(C)nc2N2CCCC2)C1. The topological polar surface area (TPSA) is 62.2 Å². The molecular weight excluding hydrogens is 346 g/mol. The molecule has 0 spiro atoms. The minimum absolute atomic E-state index is 0.0945. The molecule has 4 heterocycles. The number of carbonyl (C=O) groups is 1. The maximum atomic E-state index is 13.1. The van der Waals surface area contributed by atoms with Crippen molar-refractivity contribution < 1.29 is 4.79 Å². The predicted molar refractivity (Wildman–Crippen MR) is 103 cm³/mol. The van der Waals surface area contributed by atoms with Crippen molar-refractivity contribution in [2.75, 3.05) is 24.5 Å². The Morgan fingerprint density at radius 1 is 1.12 bits per heavy atom. The summed E-state index contributed by atoms with van der Waals surface area (Å²) in [5.74, 6) is 1.99. The summed E-state index contributed by atoms with van der Waals surface area (Å²) >= 11 is 1.51. The third kappa shape index (κ3) is 3.09. The first-order valence-corrected chi connectivity index (χ1v) is 10.3. The van der Waals surface area contributed by atoms with E-state index in [2.05, 4.69) is 21.8 Å². The Kier molecular flexibility index (Phi) is 4.65. The van der Waals surface area contributed by atoms with E-state index in [-0.39, 0.29) is 5.91 Å². The Balaban J connectivity index is 1.62. The molecule has 6 nitrogen and oxygen atoms in total. The van der Waals surface area contributed by atoms with Crippen LogP contribution in [0.2, 0.25) is 0 Å². The third-order valence-corrected chi connectivity index (χ3v) is 6.18. The van der Waals surface area contributed by atoms with Gasteiger partial charge in [0.25, 0.3) is 5.91 Å². The molecule has 2 aliphatic rings. The molecule has 1 amide bonds. The van der Waals surface area contributed by atoms with E-state index in [1.165, 1.54) is 29.7 Å². The van der Waals surface area contributed by atoms with Crippen molar-refractivity contribution in [1.82, 2.24) is 19.9 Å². The lowest BCUT2D eigenvalue weighted by Gasteiger charge is -2.31. The van der Waals surface area contributed by atoms with Crippen LogP contribution in [0.1, 0.15) is 57.2 Å². The Morgan fingerprint density at radius 2 is 1.88 bits per heavy atom. The quantitative estimate of drug-likeness (QED) is 0.830. The van der Waals surface area contributed by atoms with Gasteiger partial charge >= 0.3 is 0 Å². The molecule has 7 heteroatoms. The monoisotopic (exact) mass is 371 g/mol. The average Bonchev–Trinajstić information content (AvgIpc) is 3.29. The lowest BCUT2D eigenvalue weighted by atomic mass is 10.0. The van der Waals surface area contributed by atoms with E-state index in [1.807, 2.05) is 18.7 Å². The molecule has 0 N–H and O–H groups in total. The van der Waals surface area contributed by atoms with Crippen molar-refractivity contribution in [3.8, 4) is 0 Å². The first-order chi connectivity index (χ1) is 12.6. The van der Waals surface area contributed by atoms with E-state index in [0.717, 1.165) is 65.4 Å². The second kappa shape index (κ2) is 6.95. The maximum absolute atomic E-state index is 13.1. The van der Waals surface area contributed by atoms with Gasteiger partial charge in [-0.25, -0.2) is 15.0 Å². The van der Waals surface area contributed by atoms with Crippen molar-refractivity contribution in [2.24, 2.45) is 0 Å². The number of aromatic nitrogens is 3. The van der Waals surface area contributed by atoms with Crippen LogP contribution in [0.15, 0.2) is 0 Å². The van der Waals surface area contributed by atoms with E-state index in [4.69, 9.17) is 4.98 Å². The molecule has 138 valence electrons. The van der Waals surface area contributed by atoms with Crippen molar-refractivity contribution in [3.05, 3.63) is 32.7 Å². The Morgan fingerprint density at radius 3 is 2.62 bits per heavy atom. The third-order valence-electron chi connectivity index (χ3n) is 5.18. The van der Waals surface area contributed by atoms with Crippen LogP contribution in [-0.2, 0) is 19.4 Å². The molecule has 0 unspecified atom stereocenters. The number of hydrogen-bond donors (Lipinski definition) is 0. The maximum Gasteiger partial charge on any atom is 0.266 e. The van der Waals surface area contributed by atoms with Gasteiger partial charge < -0.3 is 9.80 Å². The molecule has 4 rings (SSSR count). The number of anilines is 1. The zero-order valence-electron chi connectivity index (χ0n) is 15.7. The smallest absolute Gasteiger partial charge is 0.266 e. The number of rotatable bonds is 3. The minimum atomic E-state index is 0.0945. The number of fused-ring (bicyclic) bond motifs is 1. The van der Waals surface area contributed by atoms with Crippen molar-refractivity contribution in [1.29, 1.82) is 0 Å². The van der Waals surface area contributed by atoms with Crippen LogP contribution < -0.4 is 4.90 Å². The number of amides is 1. The van der Waals surface area contributed by atoms with Crippen LogP contribution in [0.25, 0.3) is 0 Å². The summed E-state index contributed by atoms with van der Waals surface area (Å²) in [5, 5.41) is 0.956. The minimum Gasteiger partial charge on any atom is -0.356 e. The average molecular weight is 372 g/mol. The molecule has 0 radical (unpaired) electrons. The molecule has 0 bridgehead atoms. The first kappa shape index (κ1) is 17.4. The largest absolute Gasteiger partial charge is 0.356 e. The van der Waals surface area contributed by atoms with Crippen LogP contribution in [-0.4, -0.2) is 45.4 Å². The zero-order valence-corrected chi connectivity index (χ0v) is 16.5. The van der Waals surface area contributed by atoms with Crippen LogP contribution in [0.4, 0.5) is 5.82 Å². The number of carbonyl (C=O) groups excluding carboxylic acids is 1. The van der Waals surface area contributed by atoms with E-state index in [9.17, 15) is 4.79 Å². The van der Waals surface area contributed by atoms with Crippen molar-refractivity contribution >= 4 is 23.1 Å². The number of nitrogens with zero attached hydrogens (tertiary/aromatic N) is 5. The normalized spacial score (nSPS) is 16.9. The summed E-state index contributed by atoms with van der Waals surface area (Å²) in [6.07, 6.45) is 4.07. The predicted octanol–water partition coefficient (Wildman–Crippen LogP) is 2.91. The van der Waals surface area contributed by atoms with E-state index in [1.54, 1.807) is 0 Å². The number of hydrogen-bond acceptors (Lipinski definition) is 6. The summed E-state index contributed by atoms with van der Waals surface area (Å²) in [4.78, 5) is 32.1. The second-order valence-electron chi connectivity index (χ2n) is 7.05. The van der Waals surface area contributed by atoms with Gasteiger partial charge in [0, 0.05) is 25.2 Å². The first-order valence-electron chi connectivity index (χ1n) is 9.43.